The molecule has 0 saturated heterocycles. The molecule has 1 aromatic heterocycles. The highest BCUT2D eigenvalue weighted by molar-refractivity contribution is 6.03. The molecule has 1 N–H and O–H groups in total. The summed E-state index contributed by atoms with van der Waals surface area (Å²) in [7, 11) is 1.68. The second-order valence-electron chi connectivity index (χ2n) is 4.45. The second kappa shape index (κ2) is 4.60. The minimum absolute atomic E-state index is 0.238. The maximum Gasteiger partial charge on any atom is 0.277 e. The van der Waals surface area contributed by atoms with Crippen molar-refractivity contribution >= 4 is 11.6 Å². The van der Waals surface area contributed by atoms with Gasteiger partial charge in [-0.05, 0) is 31.9 Å². The molecule has 2 rings (SSSR count). The molecule has 2 aromatic rings. The van der Waals surface area contributed by atoms with E-state index in [1.54, 1.807) is 7.05 Å². The summed E-state index contributed by atoms with van der Waals surface area (Å²) in [6.45, 7) is 5.99. The van der Waals surface area contributed by atoms with Crippen LogP contribution >= 0.6 is 0 Å². The van der Waals surface area contributed by atoms with Gasteiger partial charge in [0.05, 0.1) is 6.20 Å². The van der Waals surface area contributed by atoms with Crippen molar-refractivity contribution in [1.29, 1.82) is 0 Å². The quantitative estimate of drug-likeness (QED) is 0.878. The fraction of sp³-hybridized carbons (Fsp3) is 0.308. The van der Waals surface area contributed by atoms with Crippen molar-refractivity contribution in [1.82, 2.24) is 15.0 Å². The fourth-order valence-corrected chi connectivity index (χ4v) is 2.00. The largest absolute Gasteiger partial charge is 0.320 e. The normalized spacial score (nSPS) is 10.4. The Bertz CT molecular complexity index is 578. The van der Waals surface area contributed by atoms with E-state index in [1.807, 2.05) is 32.9 Å². The van der Waals surface area contributed by atoms with Crippen LogP contribution in [0.1, 0.15) is 27.2 Å². The Morgan fingerprint density at radius 3 is 2.33 bits per heavy atom. The summed E-state index contributed by atoms with van der Waals surface area (Å²) in [4.78, 5) is 13.4. The maximum absolute atomic E-state index is 12.0. The number of nitrogens with zero attached hydrogens (tertiary/aromatic N) is 3. The molecule has 1 heterocycles. The van der Waals surface area contributed by atoms with Crippen molar-refractivity contribution in [3.05, 3.63) is 40.7 Å². The number of carbonyl (C=O) groups excluding carboxylic acids is 1. The van der Waals surface area contributed by atoms with Crippen LogP contribution in [0.3, 0.4) is 0 Å². The van der Waals surface area contributed by atoms with Gasteiger partial charge in [0, 0.05) is 12.7 Å². The first-order chi connectivity index (χ1) is 8.47. The van der Waals surface area contributed by atoms with Gasteiger partial charge in [-0.15, -0.1) is 5.10 Å². The lowest BCUT2D eigenvalue weighted by Crippen LogP contribution is -2.15. The molecule has 0 fully saturated rings. The van der Waals surface area contributed by atoms with Gasteiger partial charge in [-0.2, -0.15) is 9.90 Å². The van der Waals surface area contributed by atoms with Crippen LogP contribution < -0.4 is 5.32 Å². The van der Waals surface area contributed by atoms with Crippen molar-refractivity contribution in [2.75, 3.05) is 5.32 Å². The van der Waals surface area contributed by atoms with Gasteiger partial charge < -0.3 is 5.32 Å². The van der Waals surface area contributed by atoms with Crippen LogP contribution in [0.5, 0.6) is 0 Å². The molecule has 0 aliphatic carbocycles. The number of rotatable bonds is 2. The Morgan fingerprint density at radius 1 is 1.22 bits per heavy atom. The molecule has 0 aliphatic rings. The van der Waals surface area contributed by atoms with E-state index in [2.05, 4.69) is 15.5 Å². The van der Waals surface area contributed by atoms with Gasteiger partial charge >= 0.3 is 0 Å². The zero-order valence-corrected chi connectivity index (χ0v) is 11.0. The summed E-state index contributed by atoms with van der Waals surface area (Å²) in [6, 6.07) is 4.08. The van der Waals surface area contributed by atoms with E-state index in [1.165, 1.54) is 16.6 Å². The van der Waals surface area contributed by atoms with E-state index in [0.717, 1.165) is 16.8 Å². The molecule has 0 bridgehead atoms. The number of nitrogens with one attached hydrogen (secondary N) is 1. The smallest absolute Gasteiger partial charge is 0.277 e. The van der Waals surface area contributed by atoms with Gasteiger partial charge in [-0.1, -0.05) is 17.7 Å². The van der Waals surface area contributed by atoms with Crippen molar-refractivity contribution in [3.8, 4) is 0 Å². The molecule has 0 aliphatic heterocycles. The highest BCUT2D eigenvalue weighted by atomic mass is 16.2. The number of benzene rings is 1. The number of aryl methyl sites for hydroxylation is 4. The Labute approximate surface area is 106 Å². The molecular weight excluding hydrogens is 228 g/mol. The molecule has 5 heteroatoms. The van der Waals surface area contributed by atoms with Gasteiger partial charge in [-0.3, -0.25) is 4.79 Å². The predicted octanol–water partition coefficient (Wildman–Crippen LogP) is 1.99. The first-order valence-electron chi connectivity index (χ1n) is 5.73. The van der Waals surface area contributed by atoms with E-state index in [4.69, 9.17) is 0 Å². The van der Waals surface area contributed by atoms with Crippen molar-refractivity contribution < 1.29 is 4.79 Å². The average Bonchev–Trinajstić information content (AvgIpc) is 2.70. The summed E-state index contributed by atoms with van der Waals surface area (Å²) in [5.41, 5.74) is 4.44. The van der Waals surface area contributed by atoms with Crippen molar-refractivity contribution in [2.24, 2.45) is 7.05 Å². The molecule has 0 unspecified atom stereocenters. The molecule has 0 spiro atoms. The summed E-state index contributed by atoms with van der Waals surface area (Å²) in [6.07, 6.45) is 1.45. The zero-order valence-electron chi connectivity index (χ0n) is 11.0. The van der Waals surface area contributed by atoms with E-state index in [-0.39, 0.29) is 5.91 Å². The lowest BCUT2D eigenvalue weighted by molar-refractivity contribution is 0.102. The Balaban J connectivity index is 2.27. The third-order valence-corrected chi connectivity index (χ3v) is 2.75. The third kappa shape index (κ3) is 2.40. The molecule has 1 amide bonds. The monoisotopic (exact) mass is 244 g/mol. The number of amides is 1. The SMILES string of the molecule is Cc1cc(C)c(NC(=O)c2cnn(C)n2)c(C)c1. The lowest BCUT2D eigenvalue weighted by atomic mass is 10.1. The lowest BCUT2D eigenvalue weighted by Gasteiger charge is -2.11. The van der Waals surface area contributed by atoms with Gasteiger partial charge in [0.2, 0.25) is 0 Å². The highest BCUT2D eigenvalue weighted by Crippen LogP contribution is 2.22. The summed E-state index contributed by atoms with van der Waals surface area (Å²) in [5, 5.41) is 10.7. The minimum atomic E-state index is -0.238. The Hall–Kier alpha value is -2.17. The van der Waals surface area contributed by atoms with Gasteiger partial charge in [-0.25, -0.2) is 0 Å². The molecule has 0 radical (unpaired) electrons. The van der Waals surface area contributed by atoms with E-state index in [0.29, 0.717) is 5.69 Å². The third-order valence-electron chi connectivity index (χ3n) is 2.75. The summed E-state index contributed by atoms with van der Waals surface area (Å²) < 4.78 is 0. The zero-order chi connectivity index (χ0) is 13.3. The molecule has 94 valence electrons. The number of hydrogen-bond acceptors (Lipinski definition) is 3. The number of aromatic nitrogens is 3. The highest BCUT2D eigenvalue weighted by Gasteiger charge is 2.12. The summed E-state index contributed by atoms with van der Waals surface area (Å²) in [5.74, 6) is -0.238. The Morgan fingerprint density at radius 2 is 1.83 bits per heavy atom. The van der Waals surface area contributed by atoms with Crippen LogP contribution in [0.15, 0.2) is 18.3 Å². The van der Waals surface area contributed by atoms with Crippen molar-refractivity contribution in [2.45, 2.75) is 20.8 Å². The maximum atomic E-state index is 12.0. The molecule has 5 nitrogen and oxygen atoms in total. The number of carbonyl (C=O) groups is 1. The summed E-state index contributed by atoms with van der Waals surface area (Å²) >= 11 is 0. The second-order valence-corrected chi connectivity index (χ2v) is 4.45. The molecule has 1 aromatic carbocycles. The predicted molar refractivity (Wildman–Crippen MR) is 69.6 cm³/mol. The van der Waals surface area contributed by atoms with Crippen LogP contribution in [-0.4, -0.2) is 20.9 Å². The average molecular weight is 244 g/mol. The van der Waals surface area contributed by atoms with Crippen LogP contribution in [-0.2, 0) is 7.05 Å². The Kier molecular flexibility index (Phi) is 3.14. The topological polar surface area (TPSA) is 59.8 Å². The molecular formula is C13H16N4O. The van der Waals surface area contributed by atoms with Gasteiger partial charge in [0.25, 0.3) is 5.91 Å². The van der Waals surface area contributed by atoms with Gasteiger partial charge in [0.1, 0.15) is 0 Å². The first-order valence-corrected chi connectivity index (χ1v) is 5.73. The van der Waals surface area contributed by atoms with Gasteiger partial charge in [0.15, 0.2) is 5.69 Å². The minimum Gasteiger partial charge on any atom is -0.320 e. The standard InChI is InChI=1S/C13H16N4O/c1-8-5-9(2)12(10(3)6-8)15-13(18)11-7-14-17(4)16-11/h5-7H,1-4H3,(H,15,18). The van der Waals surface area contributed by atoms with E-state index < -0.39 is 0 Å². The van der Waals surface area contributed by atoms with Crippen LogP contribution in [0, 0.1) is 20.8 Å². The first kappa shape index (κ1) is 12.3. The number of hydrogen-bond donors (Lipinski definition) is 1. The van der Waals surface area contributed by atoms with E-state index in [9.17, 15) is 4.79 Å². The molecule has 0 saturated carbocycles. The van der Waals surface area contributed by atoms with Crippen LogP contribution in [0.4, 0.5) is 5.69 Å². The fourth-order valence-electron chi connectivity index (χ4n) is 2.00. The molecule has 0 atom stereocenters. The molecule has 18 heavy (non-hydrogen) atoms. The van der Waals surface area contributed by atoms with Crippen LogP contribution in [0.2, 0.25) is 0 Å². The van der Waals surface area contributed by atoms with E-state index >= 15 is 0 Å². The number of anilines is 1. The van der Waals surface area contributed by atoms with Crippen molar-refractivity contribution in [3.63, 3.8) is 0 Å². The van der Waals surface area contributed by atoms with Crippen LogP contribution in [0.25, 0.3) is 0 Å².